The highest BCUT2D eigenvalue weighted by Gasteiger charge is 2.32. The van der Waals surface area contributed by atoms with E-state index in [1.165, 1.54) is 19.2 Å². The van der Waals surface area contributed by atoms with E-state index in [1.54, 1.807) is 30.3 Å². The van der Waals surface area contributed by atoms with Crippen LogP contribution in [0.2, 0.25) is 0 Å². The van der Waals surface area contributed by atoms with Crippen molar-refractivity contribution in [3.8, 4) is 22.6 Å². The number of rotatable bonds is 3. The Kier molecular flexibility index (Phi) is 3.88. The van der Waals surface area contributed by atoms with E-state index < -0.39 is 6.36 Å². The summed E-state index contributed by atoms with van der Waals surface area (Å²) in [5.74, 6) is 0.356. The van der Waals surface area contributed by atoms with Crippen LogP contribution in [0, 0.1) is 6.92 Å². The zero-order valence-corrected chi connectivity index (χ0v) is 11.0. The third-order valence-electron chi connectivity index (χ3n) is 2.71. The molecule has 0 aliphatic heterocycles. The van der Waals surface area contributed by atoms with E-state index in [1.807, 2.05) is 6.92 Å². The third kappa shape index (κ3) is 3.44. The fraction of sp³-hybridized carbons (Fsp3) is 0.200. The molecule has 0 aliphatic rings. The maximum absolute atomic E-state index is 12.4. The van der Waals surface area contributed by atoms with Gasteiger partial charge in [-0.05, 0) is 36.2 Å². The zero-order valence-electron chi connectivity index (χ0n) is 11.0. The van der Waals surface area contributed by atoms with Gasteiger partial charge >= 0.3 is 6.36 Å². The van der Waals surface area contributed by atoms with Crippen LogP contribution in [0.5, 0.6) is 11.5 Å². The second-order valence-corrected chi connectivity index (χ2v) is 4.28. The van der Waals surface area contributed by atoms with Crippen molar-refractivity contribution in [2.75, 3.05) is 7.11 Å². The average molecular weight is 282 g/mol. The number of benzene rings is 2. The third-order valence-corrected chi connectivity index (χ3v) is 2.71. The first-order valence-corrected chi connectivity index (χ1v) is 5.90. The van der Waals surface area contributed by atoms with Gasteiger partial charge in [0.1, 0.15) is 11.5 Å². The van der Waals surface area contributed by atoms with Crippen LogP contribution in [0.15, 0.2) is 42.5 Å². The van der Waals surface area contributed by atoms with Crippen LogP contribution < -0.4 is 9.47 Å². The lowest BCUT2D eigenvalue weighted by Crippen LogP contribution is -2.17. The van der Waals surface area contributed by atoms with Gasteiger partial charge in [-0.2, -0.15) is 0 Å². The largest absolute Gasteiger partial charge is 0.573 e. The van der Waals surface area contributed by atoms with Crippen LogP contribution >= 0.6 is 0 Å². The summed E-state index contributed by atoms with van der Waals surface area (Å²) in [5, 5.41) is 0. The molecule has 0 N–H and O–H groups in total. The molecule has 0 atom stereocenters. The standard InChI is InChI=1S/C15H13F3O2/c1-10-7-11(9-12(8-10)19-2)13-5-3-4-6-14(13)20-15(16,17)18/h3-9H,1-2H3. The van der Waals surface area contributed by atoms with Gasteiger partial charge in [0.05, 0.1) is 7.11 Å². The summed E-state index contributed by atoms with van der Waals surface area (Å²) >= 11 is 0. The van der Waals surface area contributed by atoms with E-state index in [2.05, 4.69) is 4.74 Å². The van der Waals surface area contributed by atoms with Crippen LogP contribution in [-0.4, -0.2) is 13.5 Å². The van der Waals surface area contributed by atoms with Crippen LogP contribution in [0.3, 0.4) is 0 Å². The second-order valence-electron chi connectivity index (χ2n) is 4.28. The Morgan fingerprint density at radius 1 is 1.00 bits per heavy atom. The van der Waals surface area contributed by atoms with E-state index in [9.17, 15) is 13.2 Å². The molecule has 2 aromatic carbocycles. The highest BCUT2D eigenvalue weighted by atomic mass is 19.4. The number of ether oxygens (including phenoxy) is 2. The van der Waals surface area contributed by atoms with Gasteiger partial charge in [-0.1, -0.05) is 24.3 Å². The number of hydrogen-bond acceptors (Lipinski definition) is 2. The summed E-state index contributed by atoms with van der Waals surface area (Å²) in [4.78, 5) is 0. The lowest BCUT2D eigenvalue weighted by atomic mass is 10.0. The Hall–Kier alpha value is -2.17. The smallest absolute Gasteiger partial charge is 0.497 e. The van der Waals surface area contributed by atoms with E-state index >= 15 is 0 Å². The predicted octanol–water partition coefficient (Wildman–Crippen LogP) is 4.57. The summed E-state index contributed by atoms with van der Waals surface area (Å²) in [6.07, 6.45) is -4.72. The van der Waals surface area contributed by atoms with Crippen molar-refractivity contribution in [2.45, 2.75) is 13.3 Å². The first-order valence-electron chi connectivity index (χ1n) is 5.90. The molecule has 0 aromatic heterocycles. The van der Waals surface area contributed by atoms with Crippen molar-refractivity contribution in [1.82, 2.24) is 0 Å². The molecule has 0 amide bonds. The minimum atomic E-state index is -4.72. The predicted molar refractivity (Wildman–Crippen MR) is 69.9 cm³/mol. The van der Waals surface area contributed by atoms with Gasteiger partial charge in [0, 0.05) is 5.56 Å². The molecule has 2 nitrogen and oxygen atoms in total. The van der Waals surface area contributed by atoms with Crippen molar-refractivity contribution >= 4 is 0 Å². The summed E-state index contributed by atoms with van der Waals surface area (Å²) in [6.45, 7) is 1.85. The summed E-state index contributed by atoms with van der Waals surface area (Å²) in [7, 11) is 1.51. The number of alkyl halides is 3. The van der Waals surface area contributed by atoms with Crippen LogP contribution in [0.1, 0.15) is 5.56 Å². The first kappa shape index (κ1) is 14.2. The van der Waals surface area contributed by atoms with Crippen LogP contribution in [0.4, 0.5) is 13.2 Å². The Balaban J connectivity index is 2.50. The maximum atomic E-state index is 12.4. The topological polar surface area (TPSA) is 18.5 Å². The number of hydrogen-bond donors (Lipinski definition) is 0. The van der Waals surface area contributed by atoms with Gasteiger partial charge in [0.2, 0.25) is 0 Å². The first-order chi connectivity index (χ1) is 9.39. The van der Waals surface area contributed by atoms with Gasteiger partial charge in [-0.25, -0.2) is 0 Å². The highest BCUT2D eigenvalue weighted by Crippen LogP contribution is 2.35. The summed E-state index contributed by atoms with van der Waals surface area (Å²) in [6, 6.07) is 11.3. The zero-order chi connectivity index (χ0) is 14.8. The molecule has 0 bridgehead atoms. The molecule has 0 unspecified atom stereocenters. The molecule has 5 heteroatoms. The van der Waals surface area contributed by atoms with E-state index in [-0.39, 0.29) is 5.75 Å². The van der Waals surface area contributed by atoms with Gasteiger partial charge in [-0.15, -0.1) is 13.2 Å². The molecule has 0 spiro atoms. The monoisotopic (exact) mass is 282 g/mol. The number of para-hydroxylation sites is 1. The van der Waals surface area contributed by atoms with Gasteiger partial charge in [0.25, 0.3) is 0 Å². The molecule has 20 heavy (non-hydrogen) atoms. The van der Waals surface area contributed by atoms with E-state index in [4.69, 9.17) is 4.74 Å². The van der Waals surface area contributed by atoms with E-state index in [0.717, 1.165) is 5.56 Å². The SMILES string of the molecule is COc1cc(C)cc(-c2ccccc2OC(F)(F)F)c1. The molecule has 0 fully saturated rings. The Labute approximate surface area is 114 Å². The molecule has 2 rings (SSSR count). The number of halogens is 3. The van der Waals surface area contributed by atoms with Crippen molar-refractivity contribution in [3.05, 3.63) is 48.0 Å². The second kappa shape index (κ2) is 5.45. The molecule has 0 aliphatic carbocycles. The fourth-order valence-corrected chi connectivity index (χ4v) is 1.94. The minimum absolute atomic E-state index is 0.229. The summed E-state index contributed by atoms with van der Waals surface area (Å²) < 4.78 is 46.4. The lowest BCUT2D eigenvalue weighted by molar-refractivity contribution is -0.274. The number of methoxy groups -OCH3 is 1. The Morgan fingerprint density at radius 2 is 1.70 bits per heavy atom. The molecular formula is C15H13F3O2. The molecule has 0 saturated carbocycles. The van der Waals surface area contributed by atoms with Crippen molar-refractivity contribution < 1.29 is 22.6 Å². The number of aryl methyl sites for hydroxylation is 1. The molecule has 0 radical (unpaired) electrons. The molecule has 0 heterocycles. The average Bonchev–Trinajstić information content (AvgIpc) is 2.36. The van der Waals surface area contributed by atoms with E-state index in [0.29, 0.717) is 16.9 Å². The Bertz CT molecular complexity index is 606. The molecule has 2 aromatic rings. The Morgan fingerprint density at radius 3 is 2.35 bits per heavy atom. The lowest BCUT2D eigenvalue weighted by Gasteiger charge is -2.14. The van der Waals surface area contributed by atoms with Gasteiger partial charge in [-0.3, -0.25) is 0 Å². The van der Waals surface area contributed by atoms with Crippen molar-refractivity contribution in [3.63, 3.8) is 0 Å². The van der Waals surface area contributed by atoms with Crippen molar-refractivity contribution in [2.24, 2.45) is 0 Å². The summed E-state index contributed by atoms with van der Waals surface area (Å²) in [5.41, 5.74) is 1.87. The highest BCUT2D eigenvalue weighted by molar-refractivity contribution is 5.72. The van der Waals surface area contributed by atoms with Crippen molar-refractivity contribution in [1.29, 1.82) is 0 Å². The fourth-order valence-electron chi connectivity index (χ4n) is 1.94. The van der Waals surface area contributed by atoms with Crippen LogP contribution in [-0.2, 0) is 0 Å². The molecular weight excluding hydrogens is 269 g/mol. The quantitative estimate of drug-likeness (QED) is 0.821. The normalized spacial score (nSPS) is 11.2. The molecule has 106 valence electrons. The van der Waals surface area contributed by atoms with Crippen LogP contribution in [0.25, 0.3) is 11.1 Å². The maximum Gasteiger partial charge on any atom is 0.573 e. The van der Waals surface area contributed by atoms with Gasteiger partial charge < -0.3 is 9.47 Å². The molecule has 0 saturated heterocycles. The van der Waals surface area contributed by atoms with Gasteiger partial charge in [0.15, 0.2) is 0 Å². The minimum Gasteiger partial charge on any atom is -0.497 e.